The van der Waals surface area contributed by atoms with Crippen LogP contribution in [0.3, 0.4) is 0 Å². The van der Waals surface area contributed by atoms with Crippen LogP contribution in [-0.2, 0) is 50.5 Å². The van der Waals surface area contributed by atoms with E-state index >= 15 is 0 Å². The van der Waals surface area contributed by atoms with E-state index in [0.29, 0.717) is 8.64 Å². The topological polar surface area (TPSA) is 89.8 Å². The van der Waals surface area contributed by atoms with E-state index in [1.54, 1.807) is 12.4 Å². The summed E-state index contributed by atoms with van der Waals surface area (Å²) in [5.74, 6) is 1.69. The number of hydrogen-bond acceptors (Lipinski definition) is 6. The number of aromatic nitrogens is 2. The van der Waals surface area contributed by atoms with Gasteiger partial charge in [0.1, 0.15) is 11.6 Å². The van der Waals surface area contributed by atoms with Crippen molar-refractivity contribution in [1.29, 1.82) is 0 Å². The van der Waals surface area contributed by atoms with Crippen LogP contribution in [0.15, 0.2) is 36.7 Å². The third-order valence-electron chi connectivity index (χ3n) is 1.67. The molecular formula is C10H10MoN4O2S4. The first-order chi connectivity index (χ1) is 9.99. The molecule has 0 aliphatic heterocycles. The summed E-state index contributed by atoms with van der Waals surface area (Å²) in [5, 5.41) is 5.55. The molecule has 6 nitrogen and oxygen atoms in total. The standard InChI is InChI=1S/2C5H6N2S2.Mo.2O/c2*8-5(9)7-4-2-1-3-6-4;;;/h2*1-3,6H,(H2,7,8,9);;;/q;;+2;;/p-2. The zero-order valence-electron chi connectivity index (χ0n) is 10.3. The molecule has 2 aromatic rings. The molecule has 0 unspecified atom stereocenters. The third kappa shape index (κ3) is 12.5. The van der Waals surface area contributed by atoms with Gasteiger partial charge < -0.3 is 70.3 Å². The van der Waals surface area contributed by atoms with E-state index in [2.05, 4.69) is 70.3 Å². The molecule has 11 heteroatoms. The molecule has 112 valence electrons. The molecular weight excluding hydrogens is 432 g/mol. The summed E-state index contributed by atoms with van der Waals surface area (Å²) in [7, 11) is 0. The van der Waals surface area contributed by atoms with Crippen LogP contribution in [0.5, 0.6) is 0 Å². The van der Waals surface area contributed by atoms with E-state index in [4.69, 9.17) is 6.80 Å². The Hall–Kier alpha value is -0.932. The maximum absolute atomic E-state index is 8.50. The molecule has 21 heavy (non-hydrogen) atoms. The van der Waals surface area contributed by atoms with Crippen LogP contribution in [0.25, 0.3) is 0 Å². The van der Waals surface area contributed by atoms with E-state index < -0.39 is 18.5 Å². The van der Waals surface area contributed by atoms with Crippen LogP contribution >= 0.6 is 24.4 Å². The molecule has 0 radical (unpaired) electrons. The van der Waals surface area contributed by atoms with Crippen LogP contribution in [0, 0.1) is 0 Å². The van der Waals surface area contributed by atoms with Gasteiger partial charge in [0.25, 0.3) is 0 Å². The number of H-pyrrole nitrogens is 2. The van der Waals surface area contributed by atoms with Crippen LogP contribution in [-0.4, -0.2) is 18.6 Å². The summed E-state index contributed by atoms with van der Waals surface area (Å²) >= 11 is 16.5. The third-order valence-corrected chi connectivity index (χ3v) is 2.08. The Kier molecular flexibility index (Phi) is 12.2. The Morgan fingerprint density at radius 1 is 0.952 bits per heavy atom. The van der Waals surface area contributed by atoms with Crippen molar-refractivity contribution in [1.82, 2.24) is 9.97 Å². The molecule has 0 aliphatic carbocycles. The van der Waals surface area contributed by atoms with Gasteiger partial charge in [-0.25, -0.2) is 0 Å². The van der Waals surface area contributed by atoms with E-state index in [1.807, 2.05) is 24.3 Å². The Labute approximate surface area is 151 Å². The Balaban J connectivity index is 0.000000322. The Morgan fingerprint density at radius 3 is 1.48 bits per heavy atom. The van der Waals surface area contributed by atoms with E-state index in [-0.39, 0.29) is 0 Å². The van der Waals surface area contributed by atoms with Crippen molar-refractivity contribution in [3.8, 4) is 0 Å². The molecule has 0 saturated heterocycles. The second-order valence-corrected chi connectivity index (χ2v) is 5.54. The van der Waals surface area contributed by atoms with Gasteiger partial charge in [-0.1, -0.05) is 8.64 Å². The molecule has 2 heterocycles. The second-order valence-electron chi connectivity index (χ2n) is 3.06. The van der Waals surface area contributed by atoms with Crippen molar-refractivity contribution in [2.45, 2.75) is 0 Å². The average Bonchev–Trinajstić information content (AvgIpc) is 3.03. The summed E-state index contributed by atoms with van der Waals surface area (Å²) in [4.78, 5) is 5.81. The first-order valence-corrected chi connectivity index (χ1v) is 8.41. The predicted molar refractivity (Wildman–Crippen MR) is 90.1 cm³/mol. The quantitative estimate of drug-likeness (QED) is 0.320. The van der Waals surface area contributed by atoms with Crippen molar-refractivity contribution in [2.75, 3.05) is 10.6 Å². The summed E-state index contributed by atoms with van der Waals surface area (Å²) in [5.41, 5.74) is 0. The zero-order chi connectivity index (χ0) is 16.1. The number of aromatic amines is 2. The SMILES string of the molecule is S=C([S-])Nc1ccc[nH]1.S=C([S-])Nc1ccc[nH]1.[O]=[Mo+2]=[O]. The molecule has 2 aromatic heterocycles. The first-order valence-electron chi connectivity index (χ1n) is 5.14. The molecule has 2 rings (SSSR count). The van der Waals surface area contributed by atoms with Gasteiger partial charge in [-0.3, -0.25) is 0 Å². The van der Waals surface area contributed by atoms with Crippen molar-refractivity contribution in [3.05, 3.63) is 36.7 Å². The predicted octanol–water partition coefficient (Wildman–Crippen LogP) is 2.28. The maximum atomic E-state index is 8.50. The van der Waals surface area contributed by atoms with Gasteiger partial charge in [-0.05, 0) is 24.3 Å². The summed E-state index contributed by atoms with van der Waals surface area (Å²) in [6, 6.07) is 7.46. The monoisotopic (exact) mass is 444 g/mol. The number of rotatable bonds is 2. The average molecular weight is 442 g/mol. The molecule has 0 aliphatic rings. The summed E-state index contributed by atoms with van der Waals surface area (Å²) in [6.07, 6.45) is 3.60. The van der Waals surface area contributed by atoms with Crippen LogP contribution in [0.1, 0.15) is 0 Å². The van der Waals surface area contributed by atoms with Gasteiger partial charge in [-0.2, -0.15) is 0 Å². The Morgan fingerprint density at radius 2 is 1.29 bits per heavy atom. The molecule has 0 spiro atoms. The molecule has 4 N–H and O–H groups in total. The fraction of sp³-hybridized carbons (Fsp3) is 0. The molecule has 0 amide bonds. The van der Waals surface area contributed by atoms with Gasteiger partial charge >= 0.3 is 25.3 Å². The minimum absolute atomic E-state index is 0.359. The van der Waals surface area contributed by atoms with Gasteiger partial charge in [0.05, 0.1) is 0 Å². The van der Waals surface area contributed by atoms with Crippen molar-refractivity contribution >= 4 is 70.0 Å². The van der Waals surface area contributed by atoms with Crippen molar-refractivity contribution < 1.29 is 25.3 Å². The van der Waals surface area contributed by atoms with E-state index in [1.165, 1.54) is 0 Å². The van der Waals surface area contributed by atoms with Crippen molar-refractivity contribution in [3.63, 3.8) is 0 Å². The second kappa shape index (κ2) is 12.8. The first kappa shape index (κ1) is 20.1. The molecule has 0 saturated carbocycles. The van der Waals surface area contributed by atoms with Crippen LogP contribution in [0.2, 0.25) is 0 Å². The summed E-state index contributed by atoms with van der Waals surface area (Å²) in [6.45, 7) is 0. The summed E-state index contributed by atoms with van der Waals surface area (Å²) < 4.78 is 17.7. The molecule has 0 bridgehead atoms. The van der Waals surface area contributed by atoms with Gasteiger partial charge in [0.15, 0.2) is 0 Å². The Bertz CT molecular complexity index is 522. The number of thiocarbonyl (C=S) groups is 2. The number of nitrogens with one attached hydrogen (secondary N) is 4. The molecule has 0 atom stereocenters. The normalized spacial score (nSPS) is 8.00. The van der Waals surface area contributed by atoms with Crippen LogP contribution in [0.4, 0.5) is 11.6 Å². The zero-order valence-corrected chi connectivity index (χ0v) is 15.6. The minimum atomic E-state index is -2.03. The fourth-order valence-electron chi connectivity index (χ4n) is 1.04. The molecule has 0 fully saturated rings. The van der Waals surface area contributed by atoms with Crippen molar-refractivity contribution in [2.24, 2.45) is 0 Å². The molecule has 0 aromatic carbocycles. The van der Waals surface area contributed by atoms with E-state index in [9.17, 15) is 0 Å². The van der Waals surface area contributed by atoms with Gasteiger partial charge in [-0.15, -0.1) is 0 Å². The fourth-order valence-corrected chi connectivity index (χ4v) is 1.48. The number of anilines is 2. The number of hydrogen-bond donors (Lipinski definition) is 4. The van der Waals surface area contributed by atoms with E-state index in [0.717, 1.165) is 11.6 Å². The van der Waals surface area contributed by atoms with Gasteiger partial charge in [0.2, 0.25) is 0 Å². The van der Waals surface area contributed by atoms with Crippen LogP contribution < -0.4 is 10.6 Å². The van der Waals surface area contributed by atoms with Gasteiger partial charge in [0, 0.05) is 12.4 Å².